The Hall–Kier alpha value is -0.520. The first-order valence-electron chi connectivity index (χ1n) is 19.5. The minimum absolute atomic E-state index is 0.000291. The van der Waals surface area contributed by atoms with Gasteiger partial charge in [-0.05, 0) is 191 Å². The highest BCUT2D eigenvalue weighted by Gasteiger charge is 2.58. The molecule has 2 heterocycles. The van der Waals surface area contributed by atoms with Gasteiger partial charge in [-0.25, -0.2) is 0 Å². The molecule has 2 nitrogen and oxygen atoms in total. The summed E-state index contributed by atoms with van der Waals surface area (Å²) in [6, 6.07) is 11.5. The average Bonchev–Trinajstić information content (AvgIpc) is 3.84. The SMILES string of the molecule is PC(C1CCNC1)(C1CCNC1)C1C=C(c2ccccc2)C=C1CP(C1C2CC3CC(C2)CC1C3)C1C2CC3CC(C2)CC1C3. The number of benzene rings is 1. The smallest absolute Gasteiger partial charge is 0.00900 e. The van der Waals surface area contributed by atoms with E-state index in [4.69, 9.17) is 0 Å². The van der Waals surface area contributed by atoms with Crippen molar-refractivity contribution < 1.29 is 0 Å². The molecule has 1 aromatic carbocycles. The first-order chi connectivity index (χ1) is 22.1. The highest BCUT2D eigenvalue weighted by Crippen LogP contribution is 2.72. The summed E-state index contributed by atoms with van der Waals surface area (Å²) in [4.78, 5) is 0. The van der Waals surface area contributed by atoms with Crippen LogP contribution in [0.4, 0.5) is 0 Å². The van der Waals surface area contributed by atoms with Crippen LogP contribution in [0.5, 0.6) is 0 Å². The fourth-order valence-corrected chi connectivity index (χ4v) is 20.1. The molecule has 2 N–H and O–H groups in total. The standard InChI is InChI=1S/C41H58N2P2/c44-41(36-6-8-42-22-36,37-7-9-43-23-37)38-21-30(29-4-2-1-3-5-29)20-35(38)24-45(39-31-12-25-10-26(14-31)15-32(39)13-25)40-33-16-27-11-28(18-33)19-34(40)17-27/h1-5,20-21,25-28,31-34,36-40,42-43H,6-19,22-24,44H2. The minimum atomic E-state index is 0.000291. The van der Waals surface area contributed by atoms with Crippen molar-refractivity contribution in [3.63, 3.8) is 0 Å². The van der Waals surface area contributed by atoms with Gasteiger partial charge in [0.25, 0.3) is 0 Å². The number of hydrogen-bond donors (Lipinski definition) is 2. The van der Waals surface area contributed by atoms with Gasteiger partial charge in [0.2, 0.25) is 0 Å². The summed E-state index contributed by atoms with van der Waals surface area (Å²) in [5, 5.41) is 7.91. The van der Waals surface area contributed by atoms with Crippen LogP contribution in [0.15, 0.2) is 48.1 Å². The molecule has 10 fully saturated rings. The number of hydrogen-bond acceptors (Lipinski definition) is 2. The van der Waals surface area contributed by atoms with Crippen LogP contribution in [-0.2, 0) is 0 Å². The molecule has 12 rings (SSSR count). The largest absolute Gasteiger partial charge is 0.316 e. The number of nitrogens with one attached hydrogen (secondary N) is 2. The predicted octanol–water partition coefficient (Wildman–Crippen LogP) is 8.59. The lowest BCUT2D eigenvalue weighted by atomic mass is 9.55. The minimum Gasteiger partial charge on any atom is -0.316 e. The summed E-state index contributed by atoms with van der Waals surface area (Å²) in [7, 11) is 3.66. The van der Waals surface area contributed by atoms with Gasteiger partial charge in [0, 0.05) is 11.1 Å². The average molecular weight is 641 g/mol. The maximum absolute atomic E-state index is 3.83. The van der Waals surface area contributed by atoms with Crippen molar-refractivity contribution in [2.75, 3.05) is 32.3 Å². The Balaban J connectivity index is 1.06. The third kappa shape index (κ3) is 4.91. The lowest BCUT2D eigenvalue weighted by molar-refractivity contribution is 0.0130. The van der Waals surface area contributed by atoms with E-state index in [2.05, 4.69) is 62.4 Å². The lowest BCUT2D eigenvalue weighted by Gasteiger charge is -2.62. The molecule has 4 unspecified atom stereocenters. The van der Waals surface area contributed by atoms with Gasteiger partial charge < -0.3 is 10.6 Å². The Labute approximate surface area is 277 Å². The van der Waals surface area contributed by atoms with Crippen LogP contribution in [0.1, 0.15) is 82.6 Å². The molecule has 11 aliphatic rings. The predicted molar refractivity (Wildman–Crippen MR) is 194 cm³/mol. The molecule has 0 spiro atoms. The maximum atomic E-state index is 3.83. The van der Waals surface area contributed by atoms with E-state index in [0.717, 1.165) is 70.5 Å². The highest BCUT2D eigenvalue weighted by atomic mass is 31.1. The van der Waals surface area contributed by atoms with E-state index < -0.39 is 0 Å². The Kier molecular flexibility index (Phi) is 7.54. The molecule has 2 aliphatic heterocycles. The van der Waals surface area contributed by atoms with Crippen molar-refractivity contribution in [3.05, 3.63) is 53.6 Å². The van der Waals surface area contributed by atoms with Gasteiger partial charge in [-0.15, -0.1) is 9.24 Å². The molecule has 45 heavy (non-hydrogen) atoms. The zero-order valence-electron chi connectivity index (χ0n) is 27.6. The molecule has 9 aliphatic carbocycles. The zero-order valence-corrected chi connectivity index (χ0v) is 29.6. The van der Waals surface area contributed by atoms with Crippen LogP contribution >= 0.6 is 17.2 Å². The van der Waals surface area contributed by atoms with Crippen LogP contribution < -0.4 is 10.6 Å². The summed E-state index contributed by atoms with van der Waals surface area (Å²) in [6.07, 6.45) is 25.8. The Bertz CT molecular complexity index is 1210. The van der Waals surface area contributed by atoms with Gasteiger partial charge in [-0.3, -0.25) is 0 Å². The lowest BCUT2D eigenvalue weighted by Crippen LogP contribution is -2.53. The van der Waals surface area contributed by atoms with Crippen LogP contribution in [0.2, 0.25) is 0 Å². The highest BCUT2D eigenvalue weighted by molar-refractivity contribution is 7.59. The van der Waals surface area contributed by atoms with E-state index in [1.165, 1.54) is 50.7 Å². The van der Waals surface area contributed by atoms with Crippen molar-refractivity contribution in [1.82, 2.24) is 10.6 Å². The molecule has 8 bridgehead atoms. The fraction of sp³-hybridized carbons (Fsp3) is 0.756. The summed E-state index contributed by atoms with van der Waals surface area (Å²) in [6.45, 7) is 4.82. The molecule has 4 atom stereocenters. The summed E-state index contributed by atoms with van der Waals surface area (Å²) < 4.78 is 0. The van der Waals surface area contributed by atoms with Gasteiger partial charge in [-0.1, -0.05) is 56.0 Å². The fourth-order valence-electron chi connectivity index (χ4n) is 14.5. The molecule has 2 saturated heterocycles. The normalized spacial score (nSPS) is 48.1. The van der Waals surface area contributed by atoms with Gasteiger partial charge in [0.05, 0.1) is 0 Å². The van der Waals surface area contributed by atoms with Crippen molar-refractivity contribution >= 4 is 22.7 Å². The van der Waals surface area contributed by atoms with Gasteiger partial charge in [0.15, 0.2) is 0 Å². The molecule has 8 saturated carbocycles. The molecular weight excluding hydrogens is 582 g/mol. The van der Waals surface area contributed by atoms with Crippen molar-refractivity contribution in [1.29, 1.82) is 0 Å². The Morgan fingerprint density at radius 1 is 0.667 bits per heavy atom. The van der Waals surface area contributed by atoms with E-state index in [-0.39, 0.29) is 13.1 Å². The van der Waals surface area contributed by atoms with E-state index in [0.29, 0.717) is 5.92 Å². The van der Waals surface area contributed by atoms with Crippen molar-refractivity contribution in [2.45, 2.75) is 93.5 Å². The molecule has 242 valence electrons. The van der Waals surface area contributed by atoms with E-state index in [1.54, 1.807) is 69.8 Å². The second kappa shape index (κ2) is 11.5. The summed E-state index contributed by atoms with van der Waals surface area (Å²) >= 11 is 0. The van der Waals surface area contributed by atoms with Crippen LogP contribution in [-0.4, -0.2) is 48.8 Å². The number of allylic oxidation sites excluding steroid dienone is 4. The summed E-state index contributed by atoms with van der Waals surface area (Å²) in [5.41, 5.74) is 7.05. The topological polar surface area (TPSA) is 24.1 Å². The zero-order chi connectivity index (χ0) is 29.7. The van der Waals surface area contributed by atoms with Gasteiger partial charge in [0.1, 0.15) is 0 Å². The third-order valence-electron chi connectivity index (χ3n) is 15.8. The van der Waals surface area contributed by atoms with Crippen LogP contribution in [0.25, 0.3) is 5.57 Å². The Morgan fingerprint density at radius 3 is 1.60 bits per heavy atom. The third-order valence-corrected chi connectivity index (χ3v) is 21.0. The second-order valence-corrected chi connectivity index (χ2v) is 21.6. The second-order valence-electron chi connectivity index (χ2n) is 18.1. The summed E-state index contributed by atoms with van der Waals surface area (Å²) in [5.74, 6) is 10.7. The molecular formula is C41H58N2P2. The molecule has 1 aromatic rings. The monoisotopic (exact) mass is 640 g/mol. The number of rotatable bonds is 8. The van der Waals surface area contributed by atoms with Gasteiger partial charge in [-0.2, -0.15) is 0 Å². The molecule has 0 radical (unpaired) electrons. The quantitative estimate of drug-likeness (QED) is 0.278. The Morgan fingerprint density at radius 2 is 1.16 bits per heavy atom. The first-order valence-corrected chi connectivity index (χ1v) is 21.8. The van der Waals surface area contributed by atoms with Crippen LogP contribution in [0, 0.1) is 65.1 Å². The van der Waals surface area contributed by atoms with Crippen LogP contribution in [0.3, 0.4) is 0 Å². The van der Waals surface area contributed by atoms with Crippen molar-refractivity contribution in [3.8, 4) is 0 Å². The molecule has 4 heteroatoms. The van der Waals surface area contributed by atoms with Gasteiger partial charge >= 0.3 is 0 Å². The molecule has 0 aromatic heterocycles. The van der Waals surface area contributed by atoms with E-state index in [9.17, 15) is 0 Å². The van der Waals surface area contributed by atoms with E-state index >= 15 is 0 Å². The van der Waals surface area contributed by atoms with E-state index in [1.807, 2.05) is 5.57 Å². The maximum Gasteiger partial charge on any atom is 0.00900 e. The van der Waals surface area contributed by atoms with Crippen molar-refractivity contribution in [2.24, 2.45) is 65.1 Å². The molecule has 0 amide bonds. The first kappa shape index (κ1) is 29.4.